The Morgan fingerprint density at radius 3 is 2.62 bits per heavy atom. The van der Waals surface area contributed by atoms with Gasteiger partial charge in [-0.25, -0.2) is 0 Å². The van der Waals surface area contributed by atoms with Crippen LogP contribution in [0.15, 0.2) is 18.3 Å². The Hall–Kier alpha value is -1.40. The first-order valence-electron chi connectivity index (χ1n) is 7.16. The number of hydrogen-bond acceptors (Lipinski definition) is 5. The molecule has 1 fully saturated rings. The number of nitrogens with two attached hydrogens (primary N) is 1. The van der Waals surface area contributed by atoms with Crippen molar-refractivity contribution in [3.63, 3.8) is 0 Å². The van der Waals surface area contributed by atoms with E-state index in [0.29, 0.717) is 6.04 Å². The maximum Gasteiger partial charge on any atom is 0.239 e. The Balaban J connectivity index is 0.00000220. The molecule has 118 valence electrons. The topological polar surface area (TPSA) is 84.1 Å². The Kier molecular flexibility index (Phi) is 6.84. The predicted octanol–water partition coefficient (Wildman–Crippen LogP) is 1.28. The number of rotatable bonds is 4. The summed E-state index contributed by atoms with van der Waals surface area (Å²) in [6.45, 7) is 5.45. The molecule has 6 nitrogen and oxygen atoms in total. The number of halogens is 1. The first-order chi connectivity index (χ1) is 9.58. The van der Waals surface area contributed by atoms with E-state index in [0.717, 1.165) is 31.7 Å². The third-order valence-corrected chi connectivity index (χ3v) is 3.73. The van der Waals surface area contributed by atoms with E-state index in [1.54, 1.807) is 6.20 Å². The molecular formula is C14H24ClN5O. The van der Waals surface area contributed by atoms with Gasteiger partial charge in [0.05, 0.1) is 6.04 Å². The summed E-state index contributed by atoms with van der Waals surface area (Å²) in [4.78, 5) is 14.0. The van der Waals surface area contributed by atoms with Crippen LogP contribution in [0.3, 0.4) is 0 Å². The van der Waals surface area contributed by atoms with Crippen molar-refractivity contribution < 1.29 is 4.79 Å². The van der Waals surface area contributed by atoms with Gasteiger partial charge in [-0.2, -0.15) is 5.10 Å². The van der Waals surface area contributed by atoms with Crippen LogP contribution >= 0.6 is 12.4 Å². The van der Waals surface area contributed by atoms with Gasteiger partial charge >= 0.3 is 0 Å². The van der Waals surface area contributed by atoms with Gasteiger partial charge in [0.1, 0.15) is 5.82 Å². The van der Waals surface area contributed by atoms with Gasteiger partial charge in [0.25, 0.3) is 0 Å². The Morgan fingerprint density at radius 2 is 2.10 bits per heavy atom. The molecule has 0 spiro atoms. The molecule has 0 radical (unpaired) electrons. The SMILES string of the molecule is CC(C)[C@H](N)C(=O)N1CCC(Nc2cccnn2)CC1.Cl. The molecule has 0 unspecified atom stereocenters. The van der Waals surface area contributed by atoms with E-state index in [4.69, 9.17) is 5.73 Å². The van der Waals surface area contributed by atoms with Crippen LogP contribution in [0.4, 0.5) is 5.82 Å². The lowest BCUT2D eigenvalue weighted by molar-refractivity contribution is -0.134. The Labute approximate surface area is 131 Å². The molecule has 1 aromatic rings. The third kappa shape index (κ3) is 4.82. The highest BCUT2D eigenvalue weighted by molar-refractivity contribution is 5.85. The molecule has 0 bridgehead atoms. The fourth-order valence-electron chi connectivity index (χ4n) is 2.33. The number of nitrogens with one attached hydrogen (secondary N) is 1. The zero-order valence-electron chi connectivity index (χ0n) is 12.5. The van der Waals surface area contributed by atoms with E-state index < -0.39 is 0 Å². The minimum Gasteiger partial charge on any atom is -0.366 e. The summed E-state index contributed by atoms with van der Waals surface area (Å²) in [6.07, 6.45) is 3.47. The largest absolute Gasteiger partial charge is 0.366 e. The van der Waals surface area contributed by atoms with Gasteiger partial charge in [-0.3, -0.25) is 4.79 Å². The number of piperidine rings is 1. The summed E-state index contributed by atoms with van der Waals surface area (Å²) in [5.41, 5.74) is 5.92. The van der Waals surface area contributed by atoms with Crippen LogP contribution in [-0.2, 0) is 4.79 Å². The fraction of sp³-hybridized carbons (Fsp3) is 0.643. The molecule has 1 aliphatic rings. The number of carbonyl (C=O) groups is 1. The molecule has 2 heterocycles. The summed E-state index contributed by atoms with van der Waals surface area (Å²) in [5.74, 6) is 1.03. The summed E-state index contributed by atoms with van der Waals surface area (Å²) in [7, 11) is 0. The molecule has 1 amide bonds. The predicted molar refractivity (Wildman–Crippen MR) is 85.3 cm³/mol. The summed E-state index contributed by atoms with van der Waals surface area (Å²) in [6, 6.07) is 3.71. The highest BCUT2D eigenvalue weighted by Gasteiger charge is 2.27. The van der Waals surface area contributed by atoms with Crippen molar-refractivity contribution >= 4 is 24.1 Å². The van der Waals surface area contributed by atoms with Gasteiger partial charge in [-0.05, 0) is 30.9 Å². The van der Waals surface area contributed by atoms with Crippen LogP contribution < -0.4 is 11.1 Å². The second-order valence-corrected chi connectivity index (χ2v) is 5.62. The molecule has 3 N–H and O–H groups in total. The molecule has 21 heavy (non-hydrogen) atoms. The fourth-order valence-corrected chi connectivity index (χ4v) is 2.33. The van der Waals surface area contributed by atoms with E-state index in [9.17, 15) is 4.79 Å². The third-order valence-electron chi connectivity index (χ3n) is 3.73. The van der Waals surface area contributed by atoms with Gasteiger partial charge < -0.3 is 16.0 Å². The molecule has 2 rings (SSSR count). The number of nitrogens with zero attached hydrogens (tertiary/aromatic N) is 3. The molecule has 0 aliphatic carbocycles. The molecule has 1 saturated heterocycles. The van der Waals surface area contributed by atoms with Crippen molar-refractivity contribution in [2.24, 2.45) is 11.7 Å². The van der Waals surface area contributed by atoms with Gasteiger partial charge in [-0.1, -0.05) is 13.8 Å². The number of likely N-dealkylation sites (tertiary alicyclic amines) is 1. The van der Waals surface area contributed by atoms with E-state index in [-0.39, 0.29) is 30.3 Å². The van der Waals surface area contributed by atoms with E-state index in [1.807, 2.05) is 30.9 Å². The summed E-state index contributed by atoms with van der Waals surface area (Å²) >= 11 is 0. The maximum atomic E-state index is 12.2. The lowest BCUT2D eigenvalue weighted by Gasteiger charge is -2.34. The second-order valence-electron chi connectivity index (χ2n) is 5.62. The van der Waals surface area contributed by atoms with Crippen LogP contribution in [0.2, 0.25) is 0 Å². The van der Waals surface area contributed by atoms with Crippen LogP contribution in [-0.4, -0.2) is 46.2 Å². The first-order valence-corrected chi connectivity index (χ1v) is 7.16. The molecule has 0 aromatic carbocycles. The minimum absolute atomic E-state index is 0. The van der Waals surface area contributed by atoms with Crippen molar-refractivity contribution in [2.45, 2.75) is 38.8 Å². The van der Waals surface area contributed by atoms with Gasteiger partial charge in [-0.15, -0.1) is 17.5 Å². The second kappa shape index (κ2) is 8.14. The standard InChI is InChI=1S/C14H23N5O.ClH/c1-10(2)13(15)14(20)19-8-5-11(6-9-19)17-12-4-3-7-16-18-12;/h3-4,7,10-11,13H,5-6,8-9,15H2,1-2H3,(H,17,18);1H/t13-;/m0./s1. The maximum absolute atomic E-state index is 12.2. The monoisotopic (exact) mass is 313 g/mol. The van der Waals surface area contributed by atoms with Gasteiger partial charge in [0, 0.05) is 25.3 Å². The van der Waals surface area contributed by atoms with E-state index in [2.05, 4.69) is 15.5 Å². The number of amides is 1. The zero-order valence-corrected chi connectivity index (χ0v) is 13.3. The molecule has 1 atom stereocenters. The molecule has 1 aliphatic heterocycles. The van der Waals surface area contributed by atoms with Crippen molar-refractivity contribution in [3.05, 3.63) is 18.3 Å². The Morgan fingerprint density at radius 1 is 1.43 bits per heavy atom. The van der Waals surface area contributed by atoms with Crippen LogP contribution in [0.1, 0.15) is 26.7 Å². The normalized spacial score (nSPS) is 17.2. The van der Waals surface area contributed by atoms with Crippen molar-refractivity contribution in [1.82, 2.24) is 15.1 Å². The first kappa shape index (κ1) is 17.7. The lowest BCUT2D eigenvalue weighted by Crippen LogP contribution is -2.50. The number of carbonyl (C=O) groups excluding carboxylic acids is 1. The number of hydrogen-bond donors (Lipinski definition) is 2. The molecule has 1 aromatic heterocycles. The van der Waals surface area contributed by atoms with Crippen LogP contribution in [0.5, 0.6) is 0 Å². The van der Waals surface area contributed by atoms with Gasteiger partial charge in [0.2, 0.25) is 5.91 Å². The van der Waals surface area contributed by atoms with Crippen molar-refractivity contribution in [1.29, 1.82) is 0 Å². The van der Waals surface area contributed by atoms with E-state index >= 15 is 0 Å². The lowest BCUT2D eigenvalue weighted by atomic mass is 10.0. The molecular weight excluding hydrogens is 290 g/mol. The highest BCUT2D eigenvalue weighted by atomic mass is 35.5. The zero-order chi connectivity index (χ0) is 14.5. The average molecular weight is 314 g/mol. The van der Waals surface area contributed by atoms with Crippen LogP contribution in [0.25, 0.3) is 0 Å². The Bertz CT molecular complexity index is 434. The molecule has 0 saturated carbocycles. The number of aromatic nitrogens is 2. The summed E-state index contributed by atoms with van der Waals surface area (Å²) in [5, 5.41) is 11.2. The smallest absolute Gasteiger partial charge is 0.239 e. The molecule has 7 heteroatoms. The minimum atomic E-state index is -0.389. The highest BCUT2D eigenvalue weighted by Crippen LogP contribution is 2.16. The van der Waals surface area contributed by atoms with Crippen molar-refractivity contribution in [3.8, 4) is 0 Å². The van der Waals surface area contributed by atoms with Gasteiger partial charge in [0.15, 0.2) is 0 Å². The quantitative estimate of drug-likeness (QED) is 0.875. The average Bonchev–Trinajstić information content (AvgIpc) is 2.47. The van der Waals surface area contributed by atoms with Crippen LogP contribution in [0, 0.1) is 5.92 Å². The summed E-state index contributed by atoms with van der Waals surface area (Å²) < 4.78 is 0. The van der Waals surface area contributed by atoms with E-state index in [1.165, 1.54) is 0 Å². The van der Waals surface area contributed by atoms with Crippen molar-refractivity contribution in [2.75, 3.05) is 18.4 Å². The number of anilines is 1.